The highest BCUT2D eigenvalue weighted by atomic mass is 15.2. The molecular formula is C16H26N4. The maximum Gasteiger partial charge on any atom is 0.128 e. The van der Waals surface area contributed by atoms with Gasteiger partial charge in [-0.3, -0.25) is 5.41 Å². The second-order valence-corrected chi connectivity index (χ2v) is 7.12. The van der Waals surface area contributed by atoms with E-state index in [1.54, 1.807) is 0 Å². The van der Waals surface area contributed by atoms with Crippen molar-refractivity contribution in [3.8, 4) is 0 Å². The van der Waals surface area contributed by atoms with Gasteiger partial charge in [0.2, 0.25) is 0 Å². The molecule has 0 amide bonds. The number of nitrogens with zero attached hydrogens (tertiary/aromatic N) is 2. The zero-order valence-electron chi connectivity index (χ0n) is 13.0. The quantitative estimate of drug-likeness (QED) is 0.643. The first-order valence-electron chi connectivity index (χ1n) is 7.28. The molecule has 1 saturated heterocycles. The number of pyridine rings is 1. The fourth-order valence-electron chi connectivity index (χ4n) is 2.52. The number of hydrogen-bond acceptors (Lipinski definition) is 3. The number of rotatable bonds is 2. The summed E-state index contributed by atoms with van der Waals surface area (Å²) in [7, 11) is 0. The van der Waals surface area contributed by atoms with Crippen LogP contribution in [0.2, 0.25) is 0 Å². The maximum atomic E-state index is 7.70. The zero-order chi connectivity index (χ0) is 15.0. The average molecular weight is 274 g/mol. The number of anilines is 1. The van der Waals surface area contributed by atoms with E-state index in [2.05, 4.69) is 49.7 Å². The summed E-state index contributed by atoms with van der Waals surface area (Å²) in [5.41, 5.74) is 6.96. The number of aromatic nitrogens is 1. The Morgan fingerprint density at radius 3 is 2.30 bits per heavy atom. The third-order valence-corrected chi connectivity index (χ3v) is 4.46. The lowest BCUT2D eigenvalue weighted by molar-refractivity contribution is 0.350. The van der Waals surface area contributed by atoms with Gasteiger partial charge >= 0.3 is 0 Å². The van der Waals surface area contributed by atoms with Crippen LogP contribution in [-0.2, 0) is 5.41 Å². The van der Waals surface area contributed by atoms with Crippen molar-refractivity contribution in [2.45, 2.75) is 46.0 Å². The Balaban J connectivity index is 2.06. The van der Waals surface area contributed by atoms with E-state index in [1.807, 2.05) is 6.20 Å². The first-order chi connectivity index (χ1) is 9.22. The van der Waals surface area contributed by atoms with Gasteiger partial charge in [0.15, 0.2) is 0 Å². The van der Waals surface area contributed by atoms with Crippen molar-refractivity contribution in [2.75, 3.05) is 18.0 Å². The molecule has 1 aliphatic rings. The Kier molecular flexibility index (Phi) is 3.76. The SMILES string of the molecule is CC1(C(=N)N)CCN(c2ccc(C(C)(C)C)cn2)CC1. The third kappa shape index (κ3) is 2.94. The molecule has 1 fully saturated rings. The minimum absolute atomic E-state index is 0.137. The Hall–Kier alpha value is -1.58. The van der Waals surface area contributed by atoms with Crippen molar-refractivity contribution in [3.63, 3.8) is 0 Å². The van der Waals surface area contributed by atoms with E-state index in [0.29, 0.717) is 5.84 Å². The summed E-state index contributed by atoms with van der Waals surface area (Å²) in [4.78, 5) is 6.89. The predicted molar refractivity (Wildman–Crippen MR) is 84.4 cm³/mol. The summed E-state index contributed by atoms with van der Waals surface area (Å²) in [6.07, 6.45) is 3.82. The molecule has 0 bridgehead atoms. The lowest BCUT2D eigenvalue weighted by atomic mass is 9.79. The first-order valence-corrected chi connectivity index (χ1v) is 7.28. The number of amidine groups is 1. The lowest BCUT2D eigenvalue weighted by Gasteiger charge is -2.39. The molecule has 0 atom stereocenters. The van der Waals surface area contributed by atoms with Gasteiger partial charge in [-0.2, -0.15) is 0 Å². The van der Waals surface area contributed by atoms with E-state index in [4.69, 9.17) is 11.1 Å². The van der Waals surface area contributed by atoms with Crippen LogP contribution in [0.1, 0.15) is 46.1 Å². The highest BCUT2D eigenvalue weighted by molar-refractivity contribution is 5.83. The van der Waals surface area contributed by atoms with Crippen LogP contribution < -0.4 is 10.6 Å². The summed E-state index contributed by atoms with van der Waals surface area (Å²) < 4.78 is 0. The molecule has 20 heavy (non-hydrogen) atoms. The predicted octanol–water partition coefficient (Wildman–Crippen LogP) is 2.92. The smallest absolute Gasteiger partial charge is 0.128 e. The second kappa shape index (κ2) is 5.08. The van der Waals surface area contributed by atoms with Crippen LogP contribution in [0.5, 0.6) is 0 Å². The molecule has 0 radical (unpaired) electrons. The zero-order valence-corrected chi connectivity index (χ0v) is 13.0. The summed E-state index contributed by atoms with van der Waals surface area (Å²) in [5, 5.41) is 7.70. The molecule has 2 rings (SSSR count). The normalized spacial score (nSPS) is 18.9. The molecule has 1 aromatic heterocycles. The summed E-state index contributed by atoms with van der Waals surface area (Å²) in [6.45, 7) is 10.5. The van der Waals surface area contributed by atoms with Crippen LogP contribution in [0.15, 0.2) is 18.3 Å². The van der Waals surface area contributed by atoms with Crippen molar-refractivity contribution < 1.29 is 0 Å². The Bertz CT molecular complexity index is 476. The highest BCUT2D eigenvalue weighted by Crippen LogP contribution is 2.32. The molecule has 0 unspecified atom stereocenters. The van der Waals surface area contributed by atoms with Gasteiger partial charge in [-0.15, -0.1) is 0 Å². The minimum atomic E-state index is -0.137. The van der Waals surface area contributed by atoms with Crippen LogP contribution in [-0.4, -0.2) is 23.9 Å². The second-order valence-electron chi connectivity index (χ2n) is 7.12. The number of nitrogens with one attached hydrogen (secondary N) is 1. The molecule has 110 valence electrons. The molecule has 2 heterocycles. The fourth-order valence-corrected chi connectivity index (χ4v) is 2.52. The van der Waals surface area contributed by atoms with Crippen LogP contribution in [0.4, 0.5) is 5.82 Å². The van der Waals surface area contributed by atoms with Crippen LogP contribution >= 0.6 is 0 Å². The van der Waals surface area contributed by atoms with E-state index in [9.17, 15) is 0 Å². The van der Waals surface area contributed by atoms with E-state index >= 15 is 0 Å². The molecule has 1 aromatic rings. The van der Waals surface area contributed by atoms with Gasteiger partial charge in [-0.05, 0) is 29.9 Å². The van der Waals surface area contributed by atoms with Gasteiger partial charge in [0, 0.05) is 24.7 Å². The van der Waals surface area contributed by atoms with Crippen molar-refractivity contribution in [2.24, 2.45) is 11.1 Å². The fraction of sp³-hybridized carbons (Fsp3) is 0.625. The van der Waals surface area contributed by atoms with E-state index in [-0.39, 0.29) is 10.8 Å². The Labute approximate surface area is 121 Å². The molecule has 0 aliphatic carbocycles. The topological polar surface area (TPSA) is 66.0 Å². The van der Waals surface area contributed by atoms with Gasteiger partial charge in [0.25, 0.3) is 0 Å². The summed E-state index contributed by atoms with van der Waals surface area (Å²) >= 11 is 0. The minimum Gasteiger partial charge on any atom is -0.387 e. The molecule has 0 saturated carbocycles. The van der Waals surface area contributed by atoms with Gasteiger partial charge in [-0.25, -0.2) is 4.98 Å². The van der Waals surface area contributed by atoms with Crippen LogP contribution in [0.3, 0.4) is 0 Å². The molecular weight excluding hydrogens is 248 g/mol. The molecule has 4 nitrogen and oxygen atoms in total. The van der Waals surface area contributed by atoms with Crippen molar-refractivity contribution in [3.05, 3.63) is 23.9 Å². The van der Waals surface area contributed by atoms with Crippen LogP contribution in [0, 0.1) is 10.8 Å². The summed E-state index contributed by atoms with van der Waals surface area (Å²) in [6, 6.07) is 4.28. The van der Waals surface area contributed by atoms with E-state index in [1.165, 1.54) is 5.56 Å². The van der Waals surface area contributed by atoms with Crippen molar-refractivity contribution in [1.29, 1.82) is 5.41 Å². The van der Waals surface area contributed by atoms with E-state index in [0.717, 1.165) is 31.7 Å². The van der Waals surface area contributed by atoms with Crippen molar-refractivity contribution in [1.82, 2.24) is 4.98 Å². The summed E-state index contributed by atoms with van der Waals surface area (Å²) in [5.74, 6) is 1.34. The van der Waals surface area contributed by atoms with Gasteiger partial charge in [0.1, 0.15) is 5.82 Å². The average Bonchev–Trinajstić information content (AvgIpc) is 2.38. The largest absolute Gasteiger partial charge is 0.387 e. The first kappa shape index (κ1) is 14.8. The number of nitrogens with two attached hydrogens (primary N) is 1. The molecule has 0 spiro atoms. The van der Waals surface area contributed by atoms with Gasteiger partial charge in [-0.1, -0.05) is 33.8 Å². The molecule has 0 aromatic carbocycles. The van der Waals surface area contributed by atoms with Gasteiger partial charge < -0.3 is 10.6 Å². The third-order valence-electron chi connectivity index (χ3n) is 4.46. The van der Waals surface area contributed by atoms with Crippen molar-refractivity contribution >= 4 is 11.7 Å². The van der Waals surface area contributed by atoms with Gasteiger partial charge in [0.05, 0.1) is 5.84 Å². The Morgan fingerprint density at radius 1 is 1.30 bits per heavy atom. The highest BCUT2D eigenvalue weighted by Gasteiger charge is 2.33. The lowest BCUT2D eigenvalue weighted by Crippen LogP contribution is -2.45. The molecule has 4 heteroatoms. The van der Waals surface area contributed by atoms with Crippen LogP contribution in [0.25, 0.3) is 0 Å². The monoisotopic (exact) mass is 274 g/mol. The van der Waals surface area contributed by atoms with E-state index < -0.39 is 0 Å². The molecule has 1 aliphatic heterocycles. The molecule has 3 N–H and O–H groups in total. The number of piperidine rings is 1. The standard InChI is InChI=1S/C16H26N4/c1-15(2,3)12-5-6-13(19-11-12)20-9-7-16(4,8-10-20)14(17)18/h5-6,11H,7-10H2,1-4H3,(H3,17,18). The Morgan fingerprint density at radius 2 is 1.90 bits per heavy atom. The maximum absolute atomic E-state index is 7.70. The number of hydrogen-bond donors (Lipinski definition) is 2.